The van der Waals surface area contributed by atoms with Crippen LogP contribution in [0.1, 0.15) is 46.6 Å². The number of ether oxygens (including phenoxy) is 1. The zero-order valence-corrected chi connectivity index (χ0v) is 12.4. The van der Waals surface area contributed by atoms with E-state index in [1.54, 1.807) is 30.4 Å². The van der Waals surface area contributed by atoms with Crippen molar-refractivity contribution >= 4 is 17.3 Å². The van der Waals surface area contributed by atoms with Gasteiger partial charge in [-0.1, -0.05) is 13.8 Å². The SMILES string of the molecule is Cc1ccc(OCc2csc(C(C)C)n2)c(C(=O)O)n1. The van der Waals surface area contributed by atoms with Gasteiger partial charge >= 0.3 is 5.97 Å². The molecule has 0 bridgehead atoms. The van der Waals surface area contributed by atoms with Crippen LogP contribution in [0.2, 0.25) is 0 Å². The first-order valence-electron chi connectivity index (χ1n) is 6.25. The van der Waals surface area contributed by atoms with Crippen molar-refractivity contribution in [2.24, 2.45) is 0 Å². The normalized spacial score (nSPS) is 10.8. The number of nitrogens with zero attached hydrogens (tertiary/aromatic N) is 2. The van der Waals surface area contributed by atoms with Gasteiger partial charge in [-0.05, 0) is 19.1 Å². The van der Waals surface area contributed by atoms with Crippen LogP contribution in [-0.2, 0) is 6.61 Å². The molecule has 6 heteroatoms. The van der Waals surface area contributed by atoms with E-state index in [1.807, 2.05) is 5.38 Å². The average molecular weight is 292 g/mol. The lowest BCUT2D eigenvalue weighted by Gasteiger charge is -2.07. The molecule has 0 spiro atoms. The predicted octanol–water partition coefficient (Wildman–Crippen LogP) is 3.25. The molecule has 2 aromatic heterocycles. The fourth-order valence-corrected chi connectivity index (χ4v) is 2.44. The topological polar surface area (TPSA) is 72.3 Å². The fourth-order valence-electron chi connectivity index (χ4n) is 1.62. The molecule has 0 saturated heterocycles. The van der Waals surface area contributed by atoms with Gasteiger partial charge in [0.2, 0.25) is 0 Å². The Hall–Kier alpha value is -1.95. The van der Waals surface area contributed by atoms with Crippen LogP contribution in [0, 0.1) is 6.92 Å². The third-order valence-electron chi connectivity index (χ3n) is 2.64. The Morgan fingerprint density at radius 3 is 2.75 bits per heavy atom. The Kier molecular flexibility index (Phi) is 4.34. The molecule has 0 atom stereocenters. The third-order valence-corrected chi connectivity index (χ3v) is 3.83. The van der Waals surface area contributed by atoms with Crippen LogP contribution in [0.3, 0.4) is 0 Å². The molecule has 2 aromatic rings. The Labute approximate surface area is 121 Å². The van der Waals surface area contributed by atoms with Crippen LogP contribution in [0.25, 0.3) is 0 Å². The number of hydrogen-bond acceptors (Lipinski definition) is 5. The van der Waals surface area contributed by atoms with Crippen molar-refractivity contribution in [1.29, 1.82) is 0 Å². The largest absolute Gasteiger partial charge is 0.485 e. The number of pyridine rings is 1. The highest BCUT2D eigenvalue weighted by molar-refractivity contribution is 7.09. The zero-order valence-electron chi connectivity index (χ0n) is 11.6. The smallest absolute Gasteiger partial charge is 0.358 e. The number of aromatic nitrogens is 2. The summed E-state index contributed by atoms with van der Waals surface area (Å²) in [5.74, 6) is -0.448. The maximum Gasteiger partial charge on any atom is 0.358 e. The highest BCUT2D eigenvalue weighted by atomic mass is 32.1. The first-order chi connectivity index (χ1) is 9.47. The van der Waals surface area contributed by atoms with E-state index in [1.165, 1.54) is 0 Å². The molecule has 0 fully saturated rings. The molecule has 0 amide bonds. The molecule has 0 aliphatic carbocycles. The van der Waals surface area contributed by atoms with Gasteiger partial charge in [0.05, 0.1) is 10.7 Å². The predicted molar refractivity (Wildman–Crippen MR) is 76.5 cm³/mol. The number of thiazole rings is 1. The van der Waals surface area contributed by atoms with Crippen molar-refractivity contribution < 1.29 is 14.6 Å². The lowest BCUT2D eigenvalue weighted by Crippen LogP contribution is -2.07. The van der Waals surface area contributed by atoms with Gasteiger partial charge in [0.1, 0.15) is 6.61 Å². The minimum Gasteiger partial charge on any atom is -0.485 e. The fraction of sp³-hybridized carbons (Fsp3) is 0.357. The van der Waals surface area contributed by atoms with E-state index in [4.69, 9.17) is 9.84 Å². The molecule has 0 saturated carbocycles. The maximum atomic E-state index is 11.1. The Morgan fingerprint density at radius 2 is 2.15 bits per heavy atom. The molecule has 0 aromatic carbocycles. The van der Waals surface area contributed by atoms with Crippen molar-refractivity contribution in [2.45, 2.75) is 33.3 Å². The van der Waals surface area contributed by atoms with E-state index >= 15 is 0 Å². The summed E-state index contributed by atoms with van der Waals surface area (Å²) in [5, 5.41) is 12.1. The molecule has 2 rings (SSSR count). The quantitative estimate of drug-likeness (QED) is 0.915. The van der Waals surface area contributed by atoms with E-state index in [0.717, 1.165) is 10.7 Å². The minimum absolute atomic E-state index is 0.0655. The number of aromatic carboxylic acids is 1. The first-order valence-corrected chi connectivity index (χ1v) is 7.13. The van der Waals surface area contributed by atoms with Crippen molar-refractivity contribution in [3.63, 3.8) is 0 Å². The number of carboxylic acids is 1. The summed E-state index contributed by atoms with van der Waals surface area (Å²) in [6, 6.07) is 3.35. The number of carbonyl (C=O) groups is 1. The van der Waals surface area contributed by atoms with Crippen LogP contribution >= 0.6 is 11.3 Å². The van der Waals surface area contributed by atoms with Gasteiger partial charge in [-0.15, -0.1) is 11.3 Å². The Bertz CT molecular complexity index is 623. The summed E-state index contributed by atoms with van der Waals surface area (Å²) >= 11 is 1.58. The van der Waals surface area contributed by atoms with E-state index in [-0.39, 0.29) is 18.1 Å². The second-order valence-electron chi connectivity index (χ2n) is 4.72. The van der Waals surface area contributed by atoms with Crippen LogP contribution in [-0.4, -0.2) is 21.0 Å². The van der Waals surface area contributed by atoms with Gasteiger partial charge < -0.3 is 9.84 Å². The maximum absolute atomic E-state index is 11.1. The van der Waals surface area contributed by atoms with Gasteiger partial charge in [0.15, 0.2) is 11.4 Å². The first kappa shape index (κ1) is 14.5. The van der Waals surface area contributed by atoms with Crippen molar-refractivity contribution in [2.75, 3.05) is 0 Å². The standard InChI is InChI=1S/C14H16N2O3S/c1-8(2)13-16-10(7-20-13)6-19-11-5-4-9(3)15-12(11)14(17)18/h4-5,7-8H,6H2,1-3H3,(H,17,18). The molecule has 0 radical (unpaired) electrons. The molecule has 5 nitrogen and oxygen atoms in total. The third kappa shape index (κ3) is 3.33. The minimum atomic E-state index is -1.09. The van der Waals surface area contributed by atoms with Gasteiger partial charge in [-0.2, -0.15) is 0 Å². The molecule has 1 N–H and O–H groups in total. The monoisotopic (exact) mass is 292 g/mol. The summed E-state index contributed by atoms with van der Waals surface area (Å²) in [5.41, 5.74) is 1.38. The van der Waals surface area contributed by atoms with E-state index in [0.29, 0.717) is 11.6 Å². The van der Waals surface area contributed by atoms with Crippen molar-refractivity contribution in [1.82, 2.24) is 9.97 Å². The van der Waals surface area contributed by atoms with E-state index in [9.17, 15) is 4.79 Å². The number of rotatable bonds is 5. The van der Waals surface area contributed by atoms with Gasteiger partial charge in [-0.25, -0.2) is 14.8 Å². The zero-order chi connectivity index (χ0) is 14.7. The Morgan fingerprint density at radius 1 is 1.40 bits per heavy atom. The molecule has 0 aliphatic rings. The molecular weight excluding hydrogens is 276 g/mol. The number of carboxylic acid groups (broad SMARTS) is 1. The average Bonchev–Trinajstić information content (AvgIpc) is 2.86. The van der Waals surface area contributed by atoms with Gasteiger partial charge in [-0.3, -0.25) is 0 Å². The molecule has 20 heavy (non-hydrogen) atoms. The highest BCUT2D eigenvalue weighted by Crippen LogP contribution is 2.22. The summed E-state index contributed by atoms with van der Waals surface area (Å²) in [4.78, 5) is 19.5. The number of aryl methyl sites for hydroxylation is 1. The molecule has 0 aliphatic heterocycles. The Balaban J connectivity index is 2.12. The van der Waals surface area contributed by atoms with Crippen molar-refractivity contribution in [3.05, 3.63) is 39.6 Å². The van der Waals surface area contributed by atoms with E-state index in [2.05, 4.69) is 23.8 Å². The molecule has 2 heterocycles. The van der Waals surface area contributed by atoms with Crippen LogP contribution in [0.5, 0.6) is 5.75 Å². The highest BCUT2D eigenvalue weighted by Gasteiger charge is 2.14. The molecule has 0 unspecified atom stereocenters. The van der Waals surface area contributed by atoms with E-state index < -0.39 is 5.97 Å². The van der Waals surface area contributed by atoms with Crippen LogP contribution < -0.4 is 4.74 Å². The van der Waals surface area contributed by atoms with Gasteiger partial charge in [0.25, 0.3) is 0 Å². The second kappa shape index (κ2) is 6.00. The summed E-state index contributed by atoms with van der Waals surface area (Å²) in [7, 11) is 0. The molecule has 106 valence electrons. The van der Waals surface area contributed by atoms with Crippen LogP contribution in [0.15, 0.2) is 17.5 Å². The second-order valence-corrected chi connectivity index (χ2v) is 5.61. The number of hydrogen-bond donors (Lipinski definition) is 1. The summed E-state index contributed by atoms with van der Waals surface area (Å²) < 4.78 is 5.53. The van der Waals surface area contributed by atoms with Gasteiger partial charge in [0, 0.05) is 17.0 Å². The lowest BCUT2D eigenvalue weighted by atomic mass is 10.2. The summed E-state index contributed by atoms with van der Waals surface area (Å²) in [6.07, 6.45) is 0. The van der Waals surface area contributed by atoms with Crippen molar-refractivity contribution in [3.8, 4) is 5.75 Å². The van der Waals surface area contributed by atoms with Crippen LogP contribution in [0.4, 0.5) is 0 Å². The summed E-state index contributed by atoms with van der Waals surface area (Å²) in [6.45, 7) is 6.14. The lowest BCUT2D eigenvalue weighted by molar-refractivity contribution is 0.0684. The molecular formula is C14H16N2O3S.